The monoisotopic (exact) mass is 748 g/mol. The minimum absolute atomic E-state index is 0. The van der Waals surface area contributed by atoms with Crippen molar-refractivity contribution >= 4 is 40.6 Å². The average Bonchev–Trinajstić information content (AvgIpc) is 2.90. The number of nitrogens with zero attached hydrogens (tertiary/aromatic N) is 2. The van der Waals surface area contributed by atoms with Crippen molar-refractivity contribution < 1.29 is 30.0 Å². The zero-order valence-electron chi connectivity index (χ0n) is 25.1. The van der Waals surface area contributed by atoms with Gasteiger partial charge in [-0.15, -0.1) is 23.6 Å². The Kier molecular flexibility index (Phi) is 10.4. The van der Waals surface area contributed by atoms with Crippen molar-refractivity contribution in [2.75, 3.05) is 0 Å². The summed E-state index contributed by atoms with van der Waals surface area (Å²) in [5.41, 5.74) is 7.54. The largest absolute Gasteiger partial charge is 0.512 e. The standard InChI is InChI=1S/C31H27N2Si.C5H8O2.Ir/c1-20-14-27(34(3,4)5)15-21(2)30(20)24-10-11-29-23(16-24)12-13-33-31(29)25-17-22-8-6-7-9-28(22)26(18-25)19-32;1-4(6)3-5(2)7;/h6-16,18H,1-5H3;3,6H,1-2H3;/q-1;;/b;4-3-;. The van der Waals surface area contributed by atoms with Gasteiger partial charge in [-0.25, -0.2) is 0 Å². The zero-order valence-corrected chi connectivity index (χ0v) is 28.5. The number of hydrogen-bond acceptors (Lipinski definition) is 4. The first-order valence-corrected chi connectivity index (χ1v) is 17.1. The van der Waals surface area contributed by atoms with Gasteiger partial charge < -0.3 is 5.11 Å². The Bertz CT molecular complexity index is 1840. The molecule has 0 atom stereocenters. The SMILES string of the molecule is CC(=O)/C=C(/C)O.Cc1cc([Si](C)(C)C)cc(C)c1-c1ccc2c(-c3[c-]c4ccccc4c(C#N)c3)nccc2c1.[Ir]. The summed E-state index contributed by atoms with van der Waals surface area (Å²) in [7, 11) is -1.37. The summed E-state index contributed by atoms with van der Waals surface area (Å²) in [5, 5.41) is 23.6. The van der Waals surface area contributed by atoms with Gasteiger partial charge in [0.15, 0.2) is 5.78 Å². The van der Waals surface area contributed by atoms with Gasteiger partial charge in [-0.3, -0.25) is 9.78 Å². The second-order valence-electron chi connectivity index (χ2n) is 11.5. The molecule has 0 bridgehead atoms. The van der Waals surface area contributed by atoms with E-state index in [0.29, 0.717) is 5.56 Å². The van der Waals surface area contributed by atoms with Crippen molar-refractivity contribution in [1.82, 2.24) is 4.98 Å². The molecule has 6 heteroatoms. The number of benzene rings is 4. The maximum absolute atomic E-state index is 10.0. The Balaban J connectivity index is 0.000000541. The summed E-state index contributed by atoms with van der Waals surface area (Å²) in [6, 6.07) is 29.1. The van der Waals surface area contributed by atoms with E-state index >= 15 is 0 Å². The molecular weight excluding hydrogens is 713 g/mol. The number of nitriles is 1. The van der Waals surface area contributed by atoms with Gasteiger partial charge in [0, 0.05) is 38.1 Å². The summed E-state index contributed by atoms with van der Waals surface area (Å²) >= 11 is 0. The molecule has 4 nitrogen and oxygen atoms in total. The second kappa shape index (κ2) is 13.4. The van der Waals surface area contributed by atoms with Crippen molar-refractivity contribution in [3.63, 3.8) is 0 Å². The van der Waals surface area contributed by atoms with Crippen LogP contribution >= 0.6 is 0 Å². The Labute approximate surface area is 263 Å². The molecule has 0 saturated carbocycles. The number of rotatable bonds is 4. The molecule has 5 rings (SSSR count). The topological polar surface area (TPSA) is 74.0 Å². The molecule has 1 aromatic heterocycles. The first-order valence-electron chi connectivity index (χ1n) is 13.6. The maximum atomic E-state index is 10.0. The Hall–Kier alpha value is -3.88. The predicted molar refractivity (Wildman–Crippen MR) is 173 cm³/mol. The number of aryl methyl sites for hydroxylation is 2. The van der Waals surface area contributed by atoms with Gasteiger partial charge in [0.2, 0.25) is 0 Å². The molecule has 4 aromatic carbocycles. The second-order valence-corrected chi connectivity index (χ2v) is 16.6. The molecule has 0 spiro atoms. The zero-order chi connectivity index (χ0) is 29.9. The number of carbonyl (C=O) groups excluding carboxylic acids is 1. The quantitative estimate of drug-likeness (QED) is 0.0866. The summed E-state index contributed by atoms with van der Waals surface area (Å²) in [4.78, 5) is 14.7. The number of hydrogen-bond donors (Lipinski definition) is 1. The maximum Gasteiger partial charge on any atom is 0.155 e. The van der Waals surface area contributed by atoms with E-state index in [1.54, 1.807) is 0 Å². The van der Waals surface area contributed by atoms with E-state index in [2.05, 4.69) is 82.0 Å². The molecule has 1 radical (unpaired) electrons. The Morgan fingerprint density at radius 1 is 0.952 bits per heavy atom. The first-order chi connectivity index (χ1) is 19.4. The molecule has 0 aliphatic carbocycles. The Morgan fingerprint density at radius 3 is 2.19 bits per heavy atom. The van der Waals surface area contributed by atoms with Gasteiger partial charge in [0.05, 0.1) is 19.9 Å². The van der Waals surface area contributed by atoms with Crippen molar-refractivity contribution in [3.8, 4) is 28.5 Å². The molecule has 0 amide bonds. The van der Waals surface area contributed by atoms with Crippen LogP contribution in [0.4, 0.5) is 0 Å². The number of aliphatic hydroxyl groups is 1. The number of fused-ring (bicyclic) bond motifs is 2. The van der Waals surface area contributed by atoms with Crippen LogP contribution in [0.15, 0.2) is 84.8 Å². The van der Waals surface area contributed by atoms with Crippen molar-refractivity contribution in [1.29, 1.82) is 5.26 Å². The van der Waals surface area contributed by atoms with Gasteiger partial charge >= 0.3 is 0 Å². The van der Waals surface area contributed by atoms with E-state index in [1.165, 1.54) is 47.4 Å². The van der Waals surface area contributed by atoms with Crippen molar-refractivity contribution in [3.05, 3.63) is 108 Å². The van der Waals surface area contributed by atoms with Gasteiger partial charge in [0.25, 0.3) is 0 Å². The fourth-order valence-corrected chi connectivity index (χ4v) is 6.44. The third kappa shape index (κ3) is 7.30. The van der Waals surface area contributed by atoms with Crippen LogP contribution in [0.2, 0.25) is 19.6 Å². The molecule has 5 aromatic rings. The molecule has 0 saturated heterocycles. The molecule has 0 unspecified atom stereocenters. The minimum Gasteiger partial charge on any atom is -0.512 e. The summed E-state index contributed by atoms with van der Waals surface area (Å²) in [6.07, 6.45) is 3.02. The first kappa shape index (κ1) is 32.6. The van der Waals surface area contributed by atoms with E-state index < -0.39 is 8.07 Å². The van der Waals surface area contributed by atoms with Crippen LogP contribution in [-0.2, 0) is 24.9 Å². The molecule has 0 fully saturated rings. The number of aliphatic hydroxyl groups excluding tert-OH is 1. The fraction of sp³-hybridized carbons (Fsp3) is 0.194. The fourth-order valence-electron chi connectivity index (χ4n) is 5.14. The third-order valence-corrected chi connectivity index (χ3v) is 9.04. The van der Waals surface area contributed by atoms with Crippen LogP contribution in [0.3, 0.4) is 0 Å². The van der Waals surface area contributed by atoms with Gasteiger partial charge in [-0.1, -0.05) is 78.2 Å². The normalized spacial score (nSPS) is 11.3. The average molecular weight is 748 g/mol. The molecule has 0 aliphatic heterocycles. The van der Waals surface area contributed by atoms with Crippen LogP contribution in [-0.4, -0.2) is 23.9 Å². The molecule has 1 heterocycles. The van der Waals surface area contributed by atoms with Gasteiger partial charge in [0.1, 0.15) is 0 Å². The van der Waals surface area contributed by atoms with Crippen LogP contribution in [0.1, 0.15) is 30.5 Å². The number of aromatic nitrogens is 1. The van der Waals surface area contributed by atoms with Crippen LogP contribution < -0.4 is 5.19 Å². The number of carbonyl (C=O) groups is 1. The van der Waals surface area contributed by atoms with Gasteiger partial charge in [-0.2, -0.15) is 5.26 Å². The van der Waals surface area contributed by atoms with Crippen LogP contribution in [0.5, 0.6) is 0 Å². The van der Waals surface area contributed by atoms with E-state index in [-0.39, 0.29) is 31.6 Å². The van der Waals surface area contributed by atoms with Crippen molar-refractivity contribution in [2.24, 2.45) is 0 Å². The molecule has 215 valence electrons. The van der Waals surface area contributed by atoms with E-state index in [4.69, 9.17) is 10.1 Å². The number of allylic oxidation sites excluding steroid dienone is 2. The van der Waals surface area contributed by atoms with Crippen LogP contribution in [0, 0.1) is 31.2 Å². The van der Waals surface area contributed by atoms with E-state index in [1.807, 2.05) is 36.5 Å². The molecular formula is C36H35IrN2O2Si-. The van der Waals surface area contributed by atoms with Crippen LogP contribution in [0.25, 0.3) is 43.9 Å². The number of pyridine rings is 1. The summed E-state index contributed by atoms with van der Waals surface area (Å²) in [6.45, 7) is 14.5. The predicted octanol–water partition coefficient (Wildman–Crippen LogP) is 8.59. The summed E-state index contributed by atoms with van der Waals surface area (Å²) < 4.78 is 0. The third-order valence-electron chi connectivity index (χ3n) is 7.01. The minimum atomic E-state index is -1.37. The number of ketones is 1. The Morgan fingerprint density at radius 2 is 1.62 bits per heavy atom. The molecule has 1 N–H and O–H groups in total. The summed E-state index contributed by atoms with van der Waals surface area (Å²) in [5.74, 6) is -0.0625. The molecule has 42 heavy (non-hydrogen) atoms. The van der Waals surface area contributed by atoms with E-state index in [0.717, 1.165) is 32.8 Å². The van der Waals surface area contributed by atoms with E-state index in [9.17, 15) is 10.1 Å². The van der Waals surface area contributed by atoms with Gasteiger partial charge in [-0.05, 0) is 78.4 Å². The van der Waals surface area contributed by atoms with Crippen molar-refractivity contribution in [2.45, 2.75) is 47.3 Å². The smallest absolute Gasteiger partial charge is 0.155 e. The molecule has 0 aliphatic rings.